The number of anilines is 1. The summed E-state index contributed by atoms with van der Waals surface area (Å²) in [4.78, 5) is 37.4. The predicted molar refractivity (Wildman–Crippen MR) is 155 cm³/mol. The van der Waals surface area contributed by atoms with E-state index in [1.165, 1.54) is 0 Å². The molecule has 3 heterocycles. The Labute approximate surface area is 235 Å². The minimum atomic E-state index is -0.976. The first-order chi connectivity index (χ1) is 20.1. The Balaban J connectivity index is 1.43. The monoisotopic (exact) mass is 545 g/mol. The molecule has 0 aliphatic heterocycles. The zero-order chi connectivity index (χ0) is 28.2. The van der Waals surface area contributed by atoms with Crippen LogP contribution in [0.1, 0.15) is 17.2 Å². The molecule has 41 heavy (non-hydrogen) atoms. The molecule has 0 aliphatic rings. The van der Waals surface area contributed by atoms with Crippen LogP contribution in [-0.2, 0) is 22.7 Å². The predicted octanol–water partition coefficient (Wildman–Crippen LogP) is 4.73. The Morgan fingerprint density at radius 2 is 1.80 bits per heavy atom. The maximum absolute atomic E-state index is 14.2. The molecule has 0 bridgehead atoms. The Morgan fingerprint density at radius 3 is 2.61 bits per heavy atom. The molecule has 0 saturated carbocycles. The fourth-order valence-electron chi connectivity index (χ4n) is 4.92. The number of carbonyl (C=O) groups is 2. The van der Waals surface area contributed by atoms with Gasteiger partial charge in [0.1, 0.15) is 23.9 Å². The highest BCUT2D eigenvalue weighted by molar-refractivity contribution is 6.01. The van der Waals surface area contributed by atoms with Gasteiger partial charge in [-0.25, -0.2) is 4.68 Å². The fraction of sp³-hybridized carbons (Fsp3) is 0.129. The van der Waals surface area contributed by atoms with Crippen molar-refractivity contribution >= 4 is 39.4 Å². The number of pyridine rings is 1. The van der Waals surface area contributed by atoms with E-state index in [0.29, 0.717) is 22.5 Å². The molecule has 0 aliphatic carbocycles. The number of hydrogen-bond acceptors (Lipinski definition) is 6. The Bertz CT molecular complexity index is 1810. The first-order valence-electron chi connectivity index (χ1n) is 13.1. The van der Waals surface area contributed by atoms with Gasteiger partial charge in [0.2, 0.25) is 5.91 Å². The van der Waals surface area contributed by atoms with Gasteiger partial charge in [-0.1, -0.05) is 41.6 Å². The van der Waals surface area contributed by atoms with Gasteiger partial charge in [0.15, 0.2) is 0 Å². The zero-order valence-electron chi connectivity index (χ0n) is 22.3. The summed E-state index contributed by atoms with van der Waals surface area (Å²) in [5.74, 6) is 0.00916. The van der Waals surface area contributed by atoms with Crippen molar-refractivity contribution in [3.63, 3.8) is 0 Å². The number of methoxy groups -OCH3 is 1. The molecule has 0 fully saturated rings. The summed E-state index contributed by atoms with van der Waals surface area (Å²) in [5, 5.41) is 12.3. The number of para-hydroxylation sites is 2. The molecule has 204 valence electrons. The molecule has 10 heteroatoms. The molecule has 1 unspecified atom stereocenters. The van der Waals surface area contributed by atoms with Gasteiger partial charge >= 0.3 is 0 Å². The summed E-state index contributed by atoms with van der Waals surface area (Å²) in [6, 6.07) is 24.9. The quantitative estimate of drug-likeness (QED) is 0.271. The van der Waals surface area contributed by atoms with Crippen LogP contribution in [0.25, 0.3) is 21.9 Å². The second-order valence-corrected chi connectivity index (χ2v) is 9.53. The summed E-state index contributed by atoms with van der Waals surface area (Å²) in [6.07, 6.45) is 5.15. The highest BCUT2D eigenvalue weighted by Crippen LogP contribution is 2.32. The van der Waals surface area contributed by atoms with Gasteiger partial charge in [-0.15, -0.1) is 5.10 Å². The molecule has 6 aromatic rings. The third-order valence-electron chi connectivity index (χ3n) is 6.93. The van der Waals surface area contributed by atoms with Gasteiger partial charge in [-0.05, 0) is 54.1 Å². The first kappa shape index (κ1) is 25.8. The summed E-state index contributed by atoms with van der Waals surface area (Å²) in [7, 11) is 1.58. The second kappa shape index (κ2) is 11.3. The van der Waals surface area contributed by atoms with Crippen molar-refractivity contribution in [2.75, 3.05) is 12.4 Å². The van der Waals surface area contributed by atoms with E-state index in [1.807, 2.05) is 54.6 Å². The lowest BCUT2D eigenvalue weighted by molar-refractivity contribution is -0.140. The molecule has 3 aromatic heterocycles. The minimum absolute atomic E-state index is 0.102. The van der Waals surface area contributed by atoms with Gasteiger partial charge in [0.05, 0.1) is 12.6 Å². The van der Waals surface area contributed by atoms with E-state index in [4.69, 9.17) is 4.74 Å². The van der Waals surface area contributed by atoms with Crippen molar-refractivity contribution < 1.29 is 14.3 Å². The van der Waals surface area contributed by atoms with Crippen LogP contribution in [0.5, 0.6) is 5.75 Å². The summed E-state index contributed by atoms with van der Waals surface area (Å²) in [5.41, 5.74) is 4.31. The largest absolute Gasteiger partial charge is 0.497 e. The molecule has 2 amide bonds. The minimum Gasteiger partial charge on any atom is -0.497 e. The number of fused-ring (bicyclic) bond motifs is 2. The van der Waals surface area contributed by atoms with Crippen molar-refractivity contribution in [2.45, 2.75) is 19.1 Å². The summed E-state index contributed by atoms with van der Waals surface area (Å²) < 4.78 is 6.81. The van der Waals surface area contributed by atoms with Crippen molar-refractivity contribution in [3.05, 3.63) is 115 Å². The van der Waals surface area contributed by atoms with E-state index in [1.54, 1.807) is 65.6 Å². The zero-order valence-corrected chi connectivity index (χ0v) is 22.3. The number of aromatic nitrogens is 5. The van der Waals surface area contributed by atoms with Gasteiger partial charge < -0.3 is 19.9 Å². The van der Waals surface area contributed by atoms with E-state index >= 15 is 0 Å². The highest BCUT2D eigenvalue weighted by atomic mass is 16.5. The van der Waals surface area contributed by atoms with Crippen LogP contribution in [0.3, 0.4) is 0 Å². The van der Waals surface area contributed by atoms with Gasteiger partial charge in [0, 0.05) is 47.3 Å². The second-order valence-electron chi connectivity index (χ2n) is 9.53. The van der Waals surface area contributed by atoms with Crippen LogP contribution in [0, 0.1) is 0 Å². The summed E-state index contributed by atoms with van der Waals surface area (Å²) in [6.45, 7) is 0.0506. The molecule has 0 spiro atoms. The van der Waals surface area contributed by atoms with Gasteiger partial charge in [-0.3, -0.25) is 14.6 Å². The molecule has 6 rings (SSSR count). The normalized spacial score (nSPS) is 11.8. The molecule has 3 aromatic carbocycles. The van der Waals surface area contributed by atoms with Gasteiger partial charge in [-0.2, -0.15) is 0 Å². The Kier molecular flexibility index (Phi) is 7.10. The van der Waals surface area contributed by atoms with Crippen LogP contribution >= 0.6 is 0 Å². The number of benzene rings is 3. The lowest BCUT2D eigenvalue weighted by atomic mass is 10.0. The molecule has 1 atom stereocenters. The van der Waals surface area contributed by atoms with Crippen LogP contribution in [0.15, 0.2) is 104 Å². The SMILES string of the molecule is COc1ccc(NC(=O)C(c2c[nH]c3ccccc23)N(Cc2cccnc2)C(=O)Cn2nnc3ccccc32)cc1. The maximum atomic E-state index is 14.2. The Hall–Kier alpha value is -5.51. The molecule has 0 saturated heterocycles. The average Bonchev–Trinajstić information content (AvgIpc) is 3.62. The number of carbonyl (C=O) groups excluding carboxylic acids is 2. The Morgan fingerprint density at radius 1 is 1.00 bits per heavy atom. The van der Waals surface area contributed by atoms with Crippen LogP contribution in [-0.4, -0.2) is 48.8 Å². The smallest absolute Gasteiger partial charge is 0.251 e. The van der Waals surface area contributed by atoms with Crippen molar-refractivity contribution in [3.8, 4) is 5.75 Å². The number of rotatable bonds is 9. The molecular formula is C31H27N7O3. The number of aromatic amines is 1. The van der Waals surface area contributed by atoms with Crippen molar-refractivity contribution in [1.82, 2.24) is 29.9 Å². The third-order valence-corrected chi connectivity index (χ3v) is 6.93. The molecule has 2 N–H and O–H groups in total. The van der Waals surface area contributed by atoms with E-state index in [9.17, 15) is 9.59 Å². The number of nitrogens with one attached hydrogen (secondary N) is 2. The average molecular weight is 546 g/mol. The number of nitrogens with zero attached hydrogens (tertiary/aromatic N) is 5. The number of amides is 2. The standard InChI is InChI=1S/C31H27N7O3/c1-41-23-14-12-22(13-15-23)34-31(40)30(25-18-33-26-9-3-2-8-24(25)26)37(19-21-7-6-16-32-17-21)29(39)20-38-28-11-5-4-10-27(28)35-36-38/h2-18,30,33H,19-20H2,1H3,(H,34,40). The van der Waals surface area contributed by atoms with E-state index < -0.39 is 6.04 Å². The van der Waals surface area contributed by atoms with Crippen LogP contribution < -0.4 is 10.1 Å². The number of ether oxygens (including phenoxy) is 1. The number of H-pyrrole nitrogens is 1. The molecule has 10 nitrogen and oxygen atoms in total. The maximum Gasteiger partial charge on any atom is 0.251 e. The first-order valence-corrected chi connectivity index (χ1v) is 13.1. The molecular weight excluding hydrogens is 518 g/mol. The van der Waals surface area contributed by atoms with Crippen LogP contribution in [0.4, 0.5) is 5.69 Å². The lowest BCUT2D eigenvalue weighted by Gasteiger charge is -2.31. The van der Waals surface area contributed by atoms with Crippen LogP contribution in [0.2, 0.25) is 0 Å². The molecule has 0 radical (unpaired) electrons. The highest BCUT2D eigenvalue weighted by Gasteiger charge is 2.34. The van der Waals surface area contributed by atoms with Crippen molar-refractivity contribution in [1.29, 1.82) is 0 Å². The van der Waals surface area contributed by atoms with Crippen molar-refractivity contribution in [2.24, 2.45) is 0 Å². The van der Waals surface area contributed by atoms with Gasteiger partial charge in [0.25, 0.3) is 5.91 Å². The van der Waals surface area contributed by atoms with E-state index in [0.717, 1.165) is 22.0 Å². The number of hydrogen-bond donors (Lipinski definition) is 2. The summed E-state index contributed by atoms with van der Waals surface area (Å²) >= 11 is 0. The third kappa shape index (κ3) is 5.35. The topological polar surface area (TPSA) is 118 Å². The fourth-order valence-corrected chi connectivity index (χ4v) is 4.92. The van der Waals surface area contributed by atoms with E-state index in [2.05, 4.69) is 25.6 Å². The lowest BCUT2D eigenvalue weighted by Crippen LogP contribution is -2.42. The van der Waals surface area contributed by atoms with E-state index in [-0.39, 0.29) is 24.9 Å².